The Morgan fingerprint density at radius 3 is 2.67 bits per heavy atom. The van der Waals surface area contributed by atoms with Crippen molar-refractivity contribution < 1.29 is 9.53 Å². The van der Waals surface area contributed by atoms with Gasteiger partial charge in [-0.05, 0) is 30.9 Å². The fraction of sp³-hybridized carbons (Fsp3) is 0.375. The fourth-order valence-corrected chi connectivity index (χ4v) is 3.79. The molecule has 1 saturated carbocycles. The molecular weight excluding hydrogens is 435 g/mol. The molecule has 1 fully saturated rings. The number of benzene rings is 1. The Balaban J connectivity index is 1.75. The summed E-state index contributed by atoms with van der Waals surface area (Å²) in [5, 5.41) is 6.25. The molecule has 1 aromatic heterocycles. The number of nitrogens with zero attached hydrogens (tertiary/aromatic N) is 1. The Hall–Kier alpha value is -0.820. The van der Waals surface area contributed by atoms with Crippen LogP contribution in [0, 0.1) is 5.92 Å². The molecule has 0 bridgehead atoms. The first-order chi connectivity index (χ1) is 11.6. The zero-order valence-corrected chi connectivity index (χ0v) is 16.6. The van der Waals surface area contributed by atoms with Crippen molar-refractivity contribution >= 4 is 61.5 Å². The molecule has 0 aliphatic heterocycles. The van der Waals surface area contributed by atoms with Gasteiger partial charge in [-0.1, -0.05) is 45.6 Å². The average molecular weight is 450 g/mol. The van der Waals surface area contributed by atoms with Crippen LogP contribution < -0.4 is 10.1 Å². The Morgan fingerprint density at radius 1 is 1.38 bits per heavy atom. The van der Waals surface area contributed by atoms with Crippen molar-refractivity contribution in [2.75, 3.05) is 17.3 Å². The summed E-state index contributed by atoms with van der Waals surface area (Å²) in [6.45, 7) is 0.651. The molecule has 1 amide bonds. The SMILES string of the molecule is O=C(CBr)Nc1nc(-c2cc(Cl)c(OCC3CCC3)c(Cl)c2)cs1. The Kier molecular flexibility index (Phi) is 6.02. The molecule has 0 radical (unpaired) electrons. The number of hydrogen-bond acceptors (Lipinski definition) is 4. The first kappa shape index (κ1) is 18.0. The zero-order valence-electron chi connectivity index (χ0n) is 12.7. The fourth-order valence-electron chi connectivity index (χ4n) is 2.32. The number of alkyl halides is 1. The number of carbonyl (C=O) groups excluding carboxylic acids is 1. The number of halogens is 3. The summed E-state index contributed by atoms with van der Waals surface area (Å²) in [4.78, 5) is 15.8. The maximum absolute atomic E-state index is 11.4. The molecule has 3 rings (SSSR count). The number of nitrogens with one attached hydrogen (secondary N) is 1. The molecule has 1 N–H and O–H groups in total. The minimum absolute atomic E-state index is 0.147. The highest BCUT2D eigenvalue weighted by atomic mass is 79.9. The molecule has 128 valence electrons. The summed E-state index contributed by atoms with van der Waals surface area (Å²) in [5.41, 5.74) is 1.50. The lowest BCUT2D eigenvalue weighted by molar-refractivity contribution is -0.113. The number of anilines is 1. The lowest BCUT2D eigenvalue weighted by Gasteiger charge is -2.25. The van der Waals surface area contributed by atoms with Gasteiger partial charge >= 0.3 is 0 Å². The van der Waals surface area contributed by atoms with Gasteiger partial charge in [0.2, 0.25) is 5.91 Å². The normalized spacial score (nSPS) is 14.3. The summed E-state index contributed by atoms with van der Waals surface area (Å²) in [6.07, 6.45) is 3.68. The zero-order chi connectivity index (χ0) is 17.1. The molecule has 4 nitrogen and oxygen atoms in total. The van der Waals surface area contributed by atoms with Crippen molar-refractivity contribution in [1.29, 1.82) is 0 Å². The second kappa shape index (κ2) is 8.04. The number of thiazole rings is 1. The van der Waals surface area contributed by atoms with Crippen LogP contribution in [0.1, 0.15) is 19.3 Å². The summed E-state index contributed by atoms with van der Waals surface area (Å²) < 4.78 is 5.79. The minimum atomic E-state index is -0.147. The van der Waals surface area contributed by atoms with E-state index in [9.17, 15) is 4.79 Å². The van der Waals surface area contributed by atoms with Crippen LogP contribution in [0.2, 0.25) is 10.0 Å². The smallest absolute Gasteiger partial charge is 0.236 e. The van der Waals surface area contributed by atoms with E-state index in [0.717, 1.165) is 5.56 Å². The molecule has 1 aliphatic rings. The van der Waals surface area contributed by atoms with Gasteiger partial charge in [0.25, 0.3) is 0 Å². The molecule has 1 heterocycles. The van der Waals surface area contributed by atoms with Crippen LogP contribution in [-0.4, -0.2) is 22.8 Å². The largest absolute Gasteiger partial charge is 0.490 e. The van der Waals surface area contributed by atoms with Crippen LogP contribution in [0.3, 0.4) is 0 Å². The van der Waals surface area contributed by atoms with E-state index in [2.05, 4.69) is 26.2 Å². The number of aromatic nitrogens is 1. The highest BCUT2D eigenvalue weighted by Gasteiger charge is 2.20. The van der Waals surface area contributed by atoms with Gasteiger partial charge in [0, 0.05) is 10.9 Å². The molecule has 1 aromatic carbocycles. The number of ether oxygens (including phenoxy) is 1. The predicted molar refractivity (Wildman–Crippen MR) is 103 cm³/mol. The van der Waals surface area contributed by atoms with Crippen molar-refractivity contribution in [1.82, 2.24) is 4.98 Å². The van der Waals surface area contributed by atoms with E-state index in [1.54, 1.807) is 12.1 Å². The number of rotatable bonds is 6. The molecule has 24 heavy (non-hydrogen) atoms. The van der Waals surface area contributed by atoms with Gasteiger partial charge in [-0.15, -0.1) is 11.3 Å². The van der Waals surface area contributed by atoms with Gasteiger partial charge in [-0.3, -0.25) is 4.79 Å². The molecular formula is C16H15BrCl2N2O2S. The van der Waals surface area contributed by atoms with Crippen LogP contribution in [0.4, 0.5) is 5.13 Å². The van der Waals surface area contributed by atoms with Gasteiger partial charge in [0.05, 0.1) is 27.7 Å². The maximum Gasteiger partial charge on any atom is 0.236 e. The summed E-state index contributed by atoms with van der Waals surface area (Å²) in [5.74, 6) is 0.986. The molecule has 0 atom stereocenters. The second-order valence-electron chi connectivity index (χ2n) is 5.60. The molecule has 2 aromatic rings. The van der Waals surface area contributed by atoms with Gasteiger partial charge in [0.15, 0.2) is 10.9 Å². The van der Waals surface area contributed by atoms with Crippen molar-refractivity contribution in [2.24, 2.45) is 5.92 Å². The third-order valence-corrected chi connectivity index (χ3v) is 5.68. The maximum atomic E-state index is 11.4. The van der Waals surface area contributed by atoms with Crippen LogP contribution in [0.5, 0.6) is 5.75 Å². The Morgan fingerprint density at radius 2 is 2.08 bits per heavy atom. The summed E-state index contributed by atoms with van der Waals surface area (Å²) in [6, 6.07) is 3.57. The predicted octanol–water partition coefficient (Wildman–Crippen LogP) is 5.63. The van der Waals surface area contributed by atoms with Gasteiger partial charge in [-0.25, -0.2) is 4.98 Å². The van der Waals surface area contributed by atoms with Crippen molar-refractivity contribution in [3.05, 3.63) is 27.6 Å². The molecule has 8 heteroatoms. The van der Waals surface area contributed by atoms with E-state index < -0.39 is 0 Å². The second-order valence-corrected chi connectivity index (χ2v) is 7.83. The number of amides is 1. The molecule has 0 unspecified atom stereocenters. The Labute approximate surface area is 162 Å². The Bertz CT molecular complexity index is 726. The number of carbonyl (C=O) groups is 1. The van der Waals surface area contributed by atoms with Gasteiger partial charge < -0.3 is 10.1 Å². The van der Waals surface area contributed by atoms with Crippen LogP contribution in [0.25, 0.3) is 11.3 Å². The van der Waals surface area contributed by atoms with E-state index in [1.165, 1.54) is 30.6 Å². The highest BCUT2D eigenvalue weighted by Crippen LogP contribution is 2.39. The molecule has 0 saturated heterocycles. The number of hydrogen-bond donors (Lipinski definition) is 1. The lowest BCUT2D eigenvalue weighted by atomic mass is 9.86. The molecule has 1 aliphatic carbocycles. The van der Waals surface area contributed by atoms with E-state index in [-0.39, 0.29) is 11.2 Å². The molecule has 0 spiro atoms. The van der Waals surface area contributed by atoms with Crippen molar-refractivity contribution in [3.63, 3.8) is 0 Å². The summed E-state index contributed by atoms with van der Waals surface area (Å²) >= 11 is 17.1. The first-order valence-electron chi connectivity index (χ1n) is 7.50. The summed E-state index contributed by atoms with van der Waals surface area (Å²) in [7, 11) is 0. The average Bonchev–Trinajstić information content (AvgIpc) is 2.96. The standard InChI is InChI=1S/C16H15BrCl2N2O2S/c17-6-14(22)21-16-20-13(8-24-16)10-4-11(18)15(12(19)5-10)23-7-9-2-1-3-9/h4-5,8-9H,1-3,6-7H2,(H,20,21,22). The van der Waals surface area contributed by atoms with Crippen LogP contribution in [0.15, 0.2) is 17.5 Å². The highest BCUT2D eigenvalue weighted by molar-refractivity contribution is 9.09. The van der Waals surface area contributed by atoms with E-state index in [1.807, 2.05) is 5.38 Å². The van der Waals surface area contributed by atoms with E-state index >= 15 is 0 Å². The monoisotopic (exact) mass is 448 g/mol. The lowest BCUT2D eigenvalue weighted by Crippen LogP contribution is -2.19. The van der Waals surface area contributed by atoms with Crippen molar-refractivity contribution in [3.8, 4) is 17.0 Å². The van der Waals surface area contributed by atoms with Crippen LogP contribution in [-0.2, 0) is 4.79 Å². The third kappa shape index (κ3) is 4.23. The van der Waals surface area contributed by atoms with Crippen molar-refractivity contribution in [2.45, 2.75) is 19.3 Å². The minimum Gasteiger partial charge on any atom is -0.490 e. The van der Waals surface area contributed by atoms with E-state index in [4.69, 9.17) is 27.9 Å². The van der Waals surface area contributed by atoms with Gasteiger partial charge in [0.1, 0.15) is 0 Å². The quantitative estimate of drug-likeness (QED) is 0.581. The third-order valence-electron chi connectivity index (χ3n) is 3.85. The first-order valence-corrected chi connectivity index (χ1v) is 10.3. The van der Waals surface area contributed by atoms with E-state index in [0.29, 0.717) is 39.1 Å². The van der Waals surface area contributed by atoms with Crippen LogP contribution >= 0.6 is 50.5 Å². The van der Waals surface area contributed by atoms with Gasteiger partial charge in [-0.2, -0.15) is 0 Å². The topological polar surface area (TPSA) is 51.2 Å².